The Morgan fingerprint density at radius 2 is 0.867 bits per heavy atom. The van der Waals surface area contributed by atoms with Crippen molar-refractivity contribution in [2.24, 2.45) is 0 Å². The first-order valence-electron chi connectivity index (χ1n) is 8.50. The average Bonchev–Trinajstić information content (AvgIpc) is 2.62. The summed E-state index contributed by atoms with van der Waals surface area (Å²) in [4.78, 5) is 73.0. The number of amides is 3. The van der Waals surface area contributed by atoms with E-state index < -0.39 is 47.8 Å². The molecule has 0 bridgehead atoms. The molecule has 0 aliphatic carbocycles. The van der Waals surface area contributed by atoms with Gasteiger partial charge in [0.1, 0.15) is 6.23 Å². The first-order chi connectivity index (χ1) is 13.8. The van der Waals surface area contributed by atoms with E-state index in [0.717, 1.165) is 0 Å². The molecule has 7 N–H and O–H groups in total. The number of carboxylic acids is 4. The molecule has 0 aromatic carbocycles. The zero-order chi connectivity index (χ0) is 23.7. The number of aliphatic hydroxyl groups is 1. The van der Waals surface area contributed by atoms with Crippen molar-refractivity contribution in [3.63, 3.8) is 0 Å². The van der Waals surface area contributed by atoms with Gasteiger partial charge in [-0.05, 0) is 0 Å². The maximum atomic E-state index is 10.9. The van der Waals surface area contributed by atoms with Gasteiger partial charge in [-0.15, -0.1) is 0 Å². The van der Waals surface area contributed by atoms with Gasteiger partial charge in [-0.25, -0.2) is 0 Å². The van der Waals surface area contributed by atoms with Crippen LogP contribution in [0.4, 0.5) is 0 Å². The highest BCUT2D eigenvalue weighted by Crippen LogP contribution is 1.96. The molecule has 14 nitrogen and oxygen atoms in total. The summed E-state index contributed by atoms with van der Waals surface area (Å²) in [6.45, 7) is 0. The fourth-order valence-electron chi connectivity index (χ4n) is 1.53. The summed E-state index contributed by atoms with van der Waals surface area (Å²) in [6.07, 6.45) is -3.49. The smallest absolute Gasteiger partial charge is 0.303 e. The molecule has 0 saturated heterocycles. The summed E-state index contributed by atoms with van der Waals surface area (Å²) in [7, 11) is 0. The molecule has 0 heterocycles. The molecule has 0 aromatic heterocycles. The molecule has 1 atom stereocenters. The minimum absolute atomic E-state index is 0.103. The van der Waals surface area contributed by atoms with Crippen molar-refractivity contribution in [2.75, 3.05) is 0 Å². The first kappa shape index (κ1) is 28.7. The summed E-state index contributed by atoms with van der Waals surface area (Å²) in [6, 6.07) is 0. The van der Waals surface area contributed by atoms with Crippen LogP contribution in [0.5, 0.6) is 0 Å². The molecule has 0 aliphatic rings. The highest BCUT2D eigenvalue weighted by atomic mass is 16.4. The van der Waals surface area contributed by atoms with E-state index in [0.29, 0.717) is 0 Å². The van der Waals surface area contributed by atoms with Gasteiger partial charge in [0, 0.05) is 32.1 Å². The number of carbonyl (C=O) groups excluding carboxylic acids is 3. The highest BCUT2D eigenvalue weighted by Gasteiger charge is 2.12. The quantitative estimate of drug-likeness (QED) is 0.163. The molecule has 0 aliphatic heterocycles. The predicted octanol–water partition coefficient (Wildman–Crippen LogP) is -1.49. The van der Waals surface area contributed by atoms with E-state index in [2.05, 4.69) is 5.32 Å². The van der Waals surface area contributed by atoms with Crippen LogP contribution in [0.25, 0.3) is 0 Å². The Morgan fingerprint density at radius 3 is 1.20 bits per heavy atom. The molecule has 0 saturated carbocycles. The van der Waals surface area contributed by atoms with E-state index in [-0.39, 0.29) is 51.4 Å². The second kappa shape index (κ2) is 16.4. The van der Waals surface area contributed by atoms with Crippen LogP contribution in [0.3, 0.4) is 0 Å². The normalized spacial score (nSPS) is 10.6. The zero-order valence-electron chi connectivity index (χ0n) is 15.8. The minimum atomic E-state index is -1.25. The number of hydrogen-bond donors (Lipinski definition) is 7. The second-order valence-corrected chi connectivity index (χ2v) is 5.67. The van der Waals surface area contributed by atoms with Crippen molar-refractivity contribution < 1.29 is 59.1 Å². The van der Waals surface area contributed by atoms with Gasteiger partial charge in [-0.2, -0.15) is 0 Å². The lowest BCUT2D eigenvalue weighted by Crippen LogP contribution is -2.35. The number of imide groups is 1. The molecule has 0 aromatic rings. The van der Waals surface area contributed by atoms with E-state index in [1.54, 1.807) is 0 Å². The largest absolute Gasteiger partial charge is 0.481 e. The van der Waals surface area contributed by atoms with Crippen LogP contribution in [0, 0.1) is 0 Å². The van der Waals surface area contributed by atoms with Gasteiger partial charge in [0.15, 0.2) is 0 Å². The number of aliphatic hydroxyl groups excluding tert-OH is 1. The van der Waals surface area contributed by atoms with E-state index in [9.17, 15) is 33.6 Å². The van der Waals surface area contributed by atoms with Crippen LogP contribution in [-0.4, -0.2) is 73.4 Å². The van der Waals surface area contributed by atoms with Crippen molar-refractivity contribution in [2.45, 2.75) is 57.6 Å². The molecule has 30 heavy (non-hydrogen) atoms. The highest BCUT2D eigenvalue weighted by molar-refractivity contribution is 5.96. The van der Waals surface area contributed by atoms with E-state index in [1.807, 2.05) is 5.32 Å². The van der Waals surface area contributed by atoms with Crippen LogP contribution in [-0.2, 0) is 33.6 Å². The van der Waals surface area contributed by atoms with Gasteiger partial charge in [0.05, 0.1) is 19.3 Å². The Labute approximate surface area is 169 Å². The van der Waals surface area contributed by atoms with Crippen molar-refractivity contribution in [3.8, 4) is 0 Å². The molecule has 170 valence electrons. The Morgan fingerprint density at radius 1 is 0.533 bits per heavy atom. The van der Waals surface area contributed by atoms with Crippen LogP contribution in [0.1, 0.15) is 51.4 Å². The lowest BCUT2D eigenvalue weighted by atomic mass is 10.2. The van der Waals surface area contributed by atoms with E-state index >= 15 is 0 Å². The van der Waals surface area contributed by atoms with Crippen molar-refractivity contribution in [1.29, 1.82) is 0 Å². The third-order valence-corrected chi connectivity index (χ3v) is 2.94. The Hall–Kier alpha value is -3.55. The van der Waals surface area contributed by atoms with Gasteiger partial charge >= 0.3 is 23.9 Å². The van der Waals surface area contributed by atoms with E-state index in [4.69, 9.17) is 25.5 Å². The maximum Gasteiger partial charge on any atom is 0.303 e. The average molecular weight is 436 g/mol. The maximum absolute atomic E-state index is 10.9. The monoisotopic (exact) mass is 436 g/mol. The summed E-state index contributed by atoms with van der Waals surface area (Å²) in [5.41, 5.74) is 0. The standard InChI is InChI=1S/C8H13NO6.C8H11NO6/c2*10-5(1-3-7(12)13)9-6(11)2-4-8(14)15/h5,10H,1-4H2,(H,9,11)(H,12,13)(H,14,15);1-4H2,(H,12,13)(H,14,15)(H,9,10,11). The molecule has 0 spiro atoms. The number of hydrogen-bond acceptors (Lipinski definition) is 8. The van der Waals surface area contributed by atoms with Crippen molar-refractivity contribution in [1.82, 2.24) is 10.6 Å². The van der Waals surface area contributed by atoms with Gasteiger partial charge < -0.3 is 30.8 Å². The van der Waals surface area contributed by atoms with Crippen LogP contribution in [0.2, 0.25) is 0 Å². The van der Waals surface area contributed by atoms with Gasteiger partial charge in [0.2, 0.25) is 17.7 Å². The lowest BCUT2D eigenvalue weighted by molar-refractivity contribution is -0.141. The Balaban J connectivity index is 0. The number of nitrogens with one attached hydrogen (secondary N) is 2. The van der Waals surface area contributed by atoms with Crippen LogP contribution in [0.15, 0.2) is 0 Å². The third-order valence-electron chi connectivity index (χ3n) is 2.94. The topological polar surface area (TPSA) is 245 Å². The lowest BCUT2D eigenvalue weighted by Gasteiger charge is -2.10. The third kappa shape index (κ3) is 22.5. The predicted molar refractivity (Wildman–Crippen MR) is 94.8 cm³/mol. The summed E-state index contributed by atoms with van der Waals surface area (Å²) >= 11 is 0. The number of carboxylic acid groups (broad SMARTS) is 4. The summed E-state index contributed by atoms with van der Waals surface area (Å²) in [5.74, 6) is -6.50. The summed E-state index contributed by atoms with van der Waals surface area (Å²) < 4.78 is 0. The van der Waals surface area contributed by atoms with Crippen LogP contribution >= 0.6 is 0 Å². The SMILES string of the molecule is O=C(O)CCC(=O)NC(=O)CCC(=O)O.O=C(O)CCC(=O)NC(O)CCC(=O)O. The van der Waals surface area contributed by atoms with Gasteiger partial charge in [0.25, 0.3) is 0 Å². The first-order valence-corrected chi connectivity index (χ1v) is 8.50. The zero-order valence-corrected chi connectivity index (χ0v) is 15.8. The fourth-order valence-corrected chi connectivity index (χ4v) is 1.53. The molecule has 1 unspecified atom stereocenters. The number of aliphatic carboxylic acids is 4. The minimum Gasteiger partial charge on any atom is -0.481 e. The molecule has 14 heteroatoms. The Bertz CT molecular complexity index is 618. The van der Waals surface area contributed by atoms with Crippen molar-refractivity contribution >= 4 is 41.6 Å². The number of carbonyl (C=O) groups is 7. The second-order valence-electron chi connectivity index (χ2n) is 5.67. The molecular formula is C16H24N2O12. The van der Waals surface area contributed by atoms with Gasteiger partial charge in [-0.3, -0.25) is 38.9 Å². The van der Waals surface area contributed by atoms with E-state index in [1.165, 1.54) is 0 Å². The number of rotatable bonds is 13. The molecule has 0 fully saturated rings. The fraction of sp³-hybridized carbons (Fsp3) is 0.562. The molecule has 3 amide bonds. The van der Waals surface area contributed by atoms with Crippen LogP contribution < -0.4 is 10.6 Å². The molecule has 0 rings (SSSR count). The van der Waals surface area contributed by atoms with Crippen molar-refractivity contribution in [3.05, 3.63) is 0 Å². The summed E-state index contributed by atoms with van der Waals surface area (Å²) in [5, 5.41) is 46.0. The molecular weight excluding hydrogens is 412 g/mol. The molecule has 0 radical (unpaired) electrons. The van der Waals surface area contributed by atoms with Gasteiger partial charge in [-0.1, -0.05) is 0 Å². The Kier molecular flexibility index (Phi) is 15.7.